The molecule has 0 fully saturated rings. The second kappa shape index (κ2) is 7.71. The van der Waals surface area contributed by atoms with Crippen molar-refractivity contribution in [1.29, 1.82) is 0 Å². The second-order valence-electron chi connectivity index (χ2n) is 5.33. The highest BCUT2D eigenvalue weighted by Crippen LogP contribution is 2.28. The van der Waals surface area contributed by atoms with Crippen molar-refractivity contribution in [2.75, 3.05) is 6.54 Å². The fraction of sp³-hybridized carbons (Fsp3) is 0.333. The molecule has 1 N–H and O–H groups in total. The number of hydrogen-bond donors (Lipinski definition) is 1. The molecule has 3 heteroatoms. The van der Waals surface area contributed by atoms with E-state index in [0.717, 1.165) is 23.0 Å². The van der Waals surface area contributed by atoms with E-state index >= 15 is 0 Å². The first kappa shape index (κ1) is 16.2. The summed E-state index contributed by atoms with van der Waals surface area (Å²) < 4.78 is 15.0. The van der Waals surface area contributed by atoms with Crippen LogP contribution in [0.1, 0.15) is 36.1 Å². The number of benzene rings is 2. The number of rotatable bonds is 6. The van der Waals surface area contributed by atoms with Gasteiger partial charge in [0, 0.05) is 10.5 Å². The lowest BCUT2D eigenvalue weighted by Crippen LogP contribution is -2.24. The summed E-state index contributed by atoms with van der Waals surface area (Å²) in [6, 6.07) is 13.4. The Hall–Kier alpha value is -1.19. The summed E-state index contributed by atoms with van der Waals surface area (Å²) in [5.74, 6) is -0.135. The van der Waals surface area contributed by atoms with Crippen LogP contribution in [-0.2, 0) is 6.42 Å². The number of hydrogen-bond acceptors (Lipinski definition) is 1. The molecule has 0 heterocycles. The Kier molecular flexibility index (Phi) is 5.95. The Labute approximate surface area is 134 Å². The smallest absolute Gasteiger partial charge is 0.126 e. The average molecular weight is 350 g/mol. The van der Waals surface area contributed by atoms with Gasteiger partial charge in [0.1, 0.15) is 5.82 Å². The van der Waals surface area contributed by atoms with Crippen LogP contribution in [0.15, 0.2) is 46.9 Å². The first-order chi connectivity index (χ1) is 10.1. The summed E-state index contributed by atoms with van der Waals surface area (Å²) in [4.78, 5) is 0. The predicted octanol–water partition coefficient (Wildman–Crippen LogP) is 5.18. The van der Waals surface area contributed by atoms with Gasteiger partial charge in [-0.05, 0) is 55.1 Å². The van der Waals surface area contributed by atoms with Crippen LogP contribution in [0.3, 0.4) is 0 Å². The van der Waals surface area contributed by atoms with Gasteiger partial charge in [-0.25, -0.2) is 4.39 Å². The molecule has 2 aromatic carbocycles. The molecule has 0 bridgehead atoms. The maximum atomic E-state index is 13.9. The first-order valence-electron chi connectivity index (χ1n) is 7.34. The van der Waals surface area contributed by atoms with E-state index in [1.807, 2.05) is 12.1 Å². The fourth-order valence-electron chi connectivity index (χ4n) is 2.41. The fourth-order valence-corrected chi connectivity index (χ4v) is 3.18. The predicted molar refractivity (Wildman–Crippen MR) is 90.0 cm³/mol. The Bertz CT molecular complexity index is 598. The molecule has 0 radical (unpaired) electrons. The Morgan fingerprint density at radius 3 is 2.62 bits per heavy atom. The van der Waals surface area contributed by atoms with Gasteiger partial charge >= 0.3 is 0 Å². The van der Waals surface area contributed by atoms with Crippen LogP contribution in [0, 0.1) is 12.7 Å². The Balaban J connectivity index is 2.27. The number of nitrogens with one attached hydrogen (secondary N) is 1. The maximum Gasteiger partial charge on any atom is 0.126 e. The zero-order valence-corrected chi connectivity index (χ0v) is 14.1. The van der Waals surface area contributed by atoms with Crippen LogP contribution in [0.25, 0.3) is 0 Å². The van der Waals surface area contributed by atoms with E-state index in [2.05, 4.69) is 53.3 Å². The van der Waals surface area contributed by atoms with Crippen molar-refractivity contribution in [3.05, 3.63) is 69.4 Å². The van der Waals surface area contributed by atoms with Crippen molar-refractivity contribution in [3.8, 4) is 0 Å². The van der Waals surface area contributed by atoms with Crippen molar-refractivity contribution < 1.29 is 4.39 Å². The molecule has 0 saturated heterocycles. The lowest BCUT2D eigenvalue weighted by atomic mass is 9.97. The third-order valence-electron chi connectivity index (χ3n) is 3.55. The molecule has 1 nitrogen and oxygen atoms in total. The molecule has 1 unspecified atom stereocenters. The quantitative estimate of drug-likeness (QED) is 0.757. The van der Waals surface area contributed by atoms with Gasteiger partial charge in [-0.2, -0.15) is 0 Å². The normalized spacial score (nSPS) is 12.4. The molecule has 0 aliphatic rings. The van der Waals surface area contributed by atoms with E-state index in [4.69, 9.17) is 0 Å². The molecule has 1 atom stereocenters. The van der Waals surface area contributed by atoms with Gasteiger partial charge < -0.3 is 5.32 Å². The van der Waals surface area contributed by atoms with E-state index in [9.17, 15) is 4.39 Å². The molecular formula is C18H21BrFN. The minimum Gasteiger partial charge on any atom is -0.310 e. The molecule has 0 aliphatic heterocycles. The molecule has 2 aromatic rings. The molecule has 2 rings (SSSR count). The van der Waals surface area contributed by atoms with E-state index in [1.54, 1.807) is 6.07 Å². The Morgan fingerprint density at radius 2 is 1.95 bits per heavy atom. The molecule has 0 aliphatic carbocycles. The number of halogens is 2. The van der Waals surface area contributed by atoms with Crippen molar-refractivity contribution in [1.82, 2.24) is 5.32 Å². The second-order valence-corrected chi connectivity index (χ2v) is 6.18. The third-order valence-corrected chi connectivity index (χ3v) is 4.24. The first-order valence-corrected chi connectivity index (χ1v) is 8.14. The van der Waals surface area contributed by atoms with Crippen molar-refractivity contribution in [2.45, 2.75) is 32.7 Å². The van der Waals surface area contributed by atoms with E-state index in [-0.39, 0.29) is 11.9 Å². The van der Waals surface area contributed by atoms with Crippen LogP contribution in [0.2, 0.25) is 0 Å². The third kappa shape index (κ3) is 4.39. The molecule has 0 aromatic heterocycles. The summed E-state index contributed by atoms with van der Waals surface area (Å²) >= 11 is 3.64. The van der Waals surface area contributed by atoms with Crippen LogP contribution in [0.5, 0.6) is 0 Å². The van der Waals surface area contributed by atoms with Gasteiger partial charge in [0.2, 0.25) is 0 Å². The molecule has 0 spiro atoms. The SMILES string of the molecule is CCCNC(Cc1ccccc1F)c1ccc(C)cc1Br. The summed E-state index contributed by atoms with van der Waals surface area (Å²) in [6.07, 6.45) is 1.70. The zero-order valence-electron chi connectivity index (χ0n) is 12.5. The summed E-state index contributed by atoms with van der Waals surface area (Å²) in [5, 5.41) is 3.53. The highest BCUT2D eigenvalue weighted by molar-refractivity contribution is 9.10. The van der Waals surface area contributed by atoms with Crippen molar-refractivity contribution >= 4 is 15.9 Å². The maximum absolute atomic E-state index is 13.9. The topological polar surface area (TPSA) is 12.0 Å². The van der Waals surface area contributed by atoms with Gasteiger partial charge in [0.15, 0.2) is 0 Å². The molecule has 0 saturated carbocycles. The van der Waals surface area contributed by atoms with Crippen LogP contribution in [-0.4, -0.2) is 6.54 Å². The van der Waals surface area contributed by atoms with E-state index < -0.39 is 0 Å². The summed E-state index contributed by atoms with van der Waals surface area (Å²) in [6.45, 7) is 5.12. The van der Waals surface area contributed by atoms with Gasteiger partial charge in [-0.15, -0.1) is 0 Å². The van der Waals surface area contributed by atoms with E-state index in [0.29, 0.717) is 6.42 Å². The minimum atomic E-state index is -0.135. The average Bonchev–Trinajstić information content (AvgIpc) is 2.46. The molecular weight excluding hydrogens is 329 g/mol. The van der Waals surface area contributed by atoms with Crippen molar-refractivity contribution in [3.63, 3.8) is 0 Å². The molecule has 112 valence electrons. The van der Waals surface area contributed by atoms with E-state index in [1.165, 1.54) is 17.2 Å². The lowest BCUT2D eigenvalue weighted by Gasteiger charge is -2.21. The van der Waals surface area contributed by atoms with Crippen LogP contribution in [0.4, 0.5) is 4.39 Å². The molecule has 21 heavy (non-hydrogen) atoms. The molecule has 0 amide bonds. The van der Waals surface area contributed by atoms with Crippen LogP contribution < -0.4 is 5.32 Å². The van der Waals surface area contributed by atoms with Crippen LogP contribution >= 0.6 is 15.9 Å². The summed E-state index contributed by atoms with van der Waals surface area (Å²) in [7, 11) is 0. The highest BCUT2D eigenvalue weighted by Gasteiger charge is 2.16. The standard InChI is InChI=1S/C18H21BrFN/c1-3-10-21-18(12-14-6-4-5-7-17(14)20)15-9-8-13(2)11-16(15)19/h4-9,11,18,21H,3,10,12H2,1-2H3. The Morgan fingerprint density at radius 1 is 1.19 bits per heavy atom. The van der Waals surface area contributed by atoms with Gasteiger partial charge in [0.25, 0.3) is 0 Å². The minimum absolute atomic E-state index is 0.108. The largest absolute Gasteiger partial charge is 0.310 e. The van der Waals surface area contributed by atoms with Crippen molar-refractivity contribution in [2.24, 2.45) is 0 Å². The summed E-state index contributed by atoms with van der Waals surface area (Å²) in [5.41, 5.74) is 3.14. The lowest BCUT2D eigenvalue weighted by molar-refractivity contribution is 0.511. The van der Waals surface area contributed by atoms with Gasteiger partial charge in [-0.1, -0.05) is 53.2 Å². The monoisotopic (exact) mass is 349 g/mol. The highest BCUT2D eigenvalue weighted by atomic mass is 79.9. The number of aryl methyl sites for hydroxylation is 1. The van der Waals surface area contributed by atoms with Gasteiger partial charge in [0.05, 0.1) is 0 Å². The van der Waals surface area contributed by atoms with Gasteiger partial charge in [-0.3, -0.25) is 0 Å². The zero-order chi connectivity index (χ0) is 15.2.